The predicted molar refractivity (Wildman–Crippen MR) is 99.9 cm³/mol. The molecule has 1 aromatic carbocycles. The van der Waals surface area contributed by atoms with Gasteiger partial charge in [0.25, 0.3) is 0 Å². The van der Waals surface area contributed by atoms with Gasteiger partial charge in [-0.15, -0.1) is 0 Å². The molecule has 2 heterocycles. The highest BCUT2D eigenvalue weighted by atomic mass is 15.2. The Morgan fingerprint density at radius 3 is 2.62 bits per heavy atom. The summed E-state index contributed by atoms with van der Waals surface area (Å²) in [6, 6.07) is 15.8. The molecule has 0 aliphatic carbocycles. The molecule has 128 valence electrons. The van der Waals surface area contributed by atoms with E-state index in [0.29, 0.717) is 6.04 Å². The molecule has 1 saturated heterocycles. The number of piperidine rings is 1. The van der Waals surface area contributed by atoms with E-state index in [2.05, 4.69) is 64.2 Å². The van der Waals surface area contributed by atoms with Gasteiger partial charge >= 0.3 is 0 Å². The van der Waals surface area contributed by atoms with Crippen LogP contribution in [-0.4, -0.2) is 47.0 Å². The highest BCUT2D eigenvalue weighted by Gasteiger charge is 2.24. The summed E-state index contributed by atoms with van der Waals surface area (Å²) >= 11 is 0. The zero-order chi connectivity index (χ0) is 16.6. The first-order chi connectivity index (χ1) is 11.8. The first kappa shape index (κ1) is 17.1. The van der Waals surface area contributed by atoms with Crippen molar-refractivity contribution in [3.05, 3.63) is 66.0 Å². The van der Waals surface area contributed by atoms with Crippen molar-refractivity contribution >= 4 is 0 Å². The summed E-state index contributed by atoms with van der Waals surface area (Å²) in [5, 5.41) is 0. The maximum absolute atomic E-state index is 4.13. The second-order valence-corrected chi connectivity index (χ2v) is 6.75. The third-order valence-electron chi connectivity index (χ3n) is 5.10. The zero-order valence-electron chi connectivity index (χ0n) is 14.8. The van der Waals surface area contributed by atoms with Crippen molar-refractivity contribution in [2.75, 3.05) is 26.2 Å². The predicted octanol–water partition coefficient (Wildman–Crippen LogP) is 3.61. The Balaban J connectivity index is 1.53. The van der Waals surface area contributed by atoms with Gasteiger partial charge in [-0.3, -0.25) is 9.88 Å². The number of hydrogen-bond acceptors (Lipinski definition) is 3. The summed E-state index contributed by atoms with van der Waals surface area (Å²) in [5.74, 6) is 0. The minimum Gasteiger partial charge on any atom is -0.301 e. The molecule has 1 aliphatic heterocycles. The molecular formula is C21H29N3. The van der Waals surface area contributed by atoms with Crippen molar-refractivity contribution in [3.8, 4) is 0 Å². The van der Waals surface area contributed by atoms with Crippen molar-refractivity contribution < 1.29 is 0 Å². The highest BCUT2D eigenvalue weighted by molar-refractivity contribution is 5.15. The smallest absolute Gasteiger partial charge is 0.0271 e. The van der Waals surface area contributed by atoms with Crippen LogP contribution in [0.4, 0.5) is 0 Å². The molecule has 0 spiro atoms. The molecular weight excluding hydrogens is 294 g/mol. The summed E-state index contributed by atoms with van der Waals surface area (Å²) < 4.78 is 0. The maximum atomic E-state index is 4.13. The van der Waals surface area contributed by atoms with Gasteiger partial charge in [0, 0.05) is 38.1 Å². The van der Waals surface area contributed by atoms with Gasteiger partial charge in [0.15, 0.2) is 0 Å². The molecule has 3 rings (SSSR count). The molecule has 0 amide bonds. The minimum atomic E-state index is 0.674. The largest absolute Gasteiger partial charge is 0.301 e. The molecule has 3 heteroatoms. The van der Waals surface area contributed by atoms with Gasteiger partial charge in [-0.05, 0) is 55.6 Å². The van der Waals surface area contributed by atoms with Gasteiger partial charge in [-0.2, -0.15) is 0 Å². The van der Waals surface area contributed by atoms with Crippen LogP contribution < -0.4 is 0 Å². The lowest BCUT2D eigenvalue weighted by Gasteiger charge is -2.39. The third-order valence-corrected chi connectivity index (χ3v) is 5.10. The average Bonchev–Trinajstić information content (AvgIpc) is 2.66. The number of rotatable bonds is 7. The van der Waals surface area contributed by atoms with Gasteiger partial charge in [0.05, 0.1) is 0 Å². The summed E-state index contributed by atoms with van der Waals surface area (Å²) in [7, 11) is 0. The first-order valence-corrected chi connectivity index (χ1v) is 9.24. The number of hydrogen-bond donors (Lipinski definition) is 0. The number of aromatic nitrogens is 1. The Kier molecular flexibility index (Phi) is 6.39. The van der Waals surface area contributed by atoms with Crippen LogP contribution >= 0.6 is 0 Å². The van der Waals surface area contributed by atoms with E-state index in [1.807, 2.05) is 12.4 Å². The van der Waals surface area contributed by atoms with Gasteiger partial charge < -0.3 is 4.90 Å². The van der Waals surface area contributed by atoms with Gasteiger partial charge in [-0.1, -0.05) is 37.3 Å². The number of likely N-dealkylation sites (N-methyl/N-ethyl adjacent to an activating group) is 1. The summed E-state index contributed by atoms with van der Waals surface area (Å²) in [6.45, 7) is 8.05. The quantitative estimate of drug-likeness (QED) is 0.776. The Morgan fingerprint density at radius 1 is 1.08 bits per heavy atom. The van der Waals surface area contributed by atoms with E-state index < -0.39 is 0 Å². The third kappa shape index (κ3) is 4.89. The number of likely N-dealkylation sites (tertiary alicyclic amines) is 1. The van der Waals surface area contributed by atoms with Crippen molar-refractivity contribution in [2.24, 2.45) is 0 Å². The molecule has 0 saturated carbocycles. The fourth-order valence-electron chi connectivity index (χ4n) is 3.69. The monoisotopic (exact) mass is 323 g/mol. The zero-order valence-corrected chi connectivity index (χ0v) is 14.8. The average molecular weight is 323 g/mol. The Labute approximate surface area is 146 Å². The Morgan fingerprint density at radius 2 is 1.88 bits per heavy atom. The van der Waals surface area contributed by atoms with E-state index in [-0.39, 0.29) is 0 Å². The van der Waals surface area contributed by atoms with Crippen molar-refractivity contribution in [1.82, 2.24) is 14.8 Å². The molecule has 3 nitrogen and oxygen atoms in total. The fourth-order valence-corrected chi connectivity index (χ4v) is 3.69. The number of benzene rings is 1. The van der Waals surface area contributed by atoms with Gasteiger partial charge in [0.1, 0.15) is 0 Å². The van der Waals surface area contributed by atoms with Crippen LogP contribution in [-0.2, 0) is 13.0 Å². The second kappa shape index (κ2) is 8.95. The van der Waals surface area contributed by atoms with E-state index in [1.54, 1.807) is 0 Å². The van der Waals surface area contributed by atoms with E-state index >= 15 is 0 Å². The van der Waals surface area contributed by atoms with Crippen LogP contribution in [0.15, 0.2) is 54.9 Å². The summed E-state index contributed by atoms with van der Waals surface area (Å²) in [6.07, 6.45) is 7.59. The molecule has 0 radical (unpaired) electrons. The standard InChI is InChI=1S/C21H29N3/c1-2-24(17-20-10-13-22-14-11-20)21-9-6-15-23(18-21)16-12-19-7-4-3-5-8-19/h3-5,7-8,10-11,13-14,21H,2,6,9,12,15-18H2,1H3/t21-/m1/s1. The molecule has 0 N–H and O–H groups in total. The lowest BCUT2D eigenvalue weighted by Crippen LogP contribution is -2.48. The van der Waals surface area contributed by atoms with Crippen molar-refractivity contribution in [2.45, 2.75) is 38.8 Å². The lowest BCUT2D eigenvalue weighted by molar-refractivity contribution is 0.0965. The number of nitrogens with zero attached hydrogens (tertiary/aromatic N) is 3. The molecule has 0 unspecified atom stereocenters. The maximum Gasteiger partial charge on any atom is 0.0271 e. The second-order valence-electron chi connectivity index (χ2n) is 6.75. The van der Waals surface area contributed by atoms with Crippen LogP contribution in [0.25, 0.3) is 0 Å². The number of pyridine rings is 1. The van der Waals surface area contributed by atoms with E-state index in [9.17, 15) is 0 Å². The van der Waals surface area contributed by atoms with Crippen molar-refractivity contribution in [1.29, 1.82) is 0 Å². The summed E-state index contributed by atoms with van der Waals surface area (Å²) in [5.41, 5.74) is 2.82. The molecule has 1 fully saturated rings. The molecule has 1 aromatic heterocycles. The molecule has 2 aromatic rings. The van der Waals surface area contributed by atoms with E-state index in [1.165, 1.54) is 43.6 Å². The van der Waals surface area contributed by atoms with Gasteiger partial charge in [0.2, 0.25) is 0 Å². The Bertz CT molecular complexity index is 585. The molecule has 1 aliphatic rings. The Hall–Kier alpha value is -1.71. The van der Waals surface area contributed by atoms with Crippen molar-refractivity contribution in [3.63, 3.8) is 0 Å². The fraction of sp³-hybridized carbons (Fsp3) is 0.476. The van der Waals surface area contributed by atoms with Crippen LogP contribution in [0.5, 0.6) is 0 Å². The normalized spacial score (nSPS) is 18.8. The van der Waals surface area contributed by atoms with Crippen LogP contribution in [0.1, 0.15) is 30.9 Å². The molecule has 1 atom stereocenters. The molecule has 0 bridgehead atoms. The lowest BCUT2D eigenvalue weighted by atomic mass is 10.0. The van der Waals surface area contributed by atoms with Crippen LogP contribution in [0, 0.1) is 0 Å². The summed E-state index contributed by atoms with van der Waals surface area (Å²) in [4.78, 5) is 9.41. The minimum absolute atomic E-state index is 0.674. The first-order valence-electron chi connectivity index (χ1n) is 9.24. The molecule has 24 heavy (non-hydrogen) atoms. The highest BCUT2D eigenvalue weighted by Crippen LogP contribution is 2.18. The van der Waals surface area contributed by atoms with Crippen LogP contribution in [0.2, 0.25) is 0 Å². The van der Waals surface area contributed by atoms with E-state index in [0.717, 1.165) is 19.5 Å². The van der Waals surface area contributed by atoms with Crippen LogP contribution in [0.3, 0.4) is 0 Å². The van der Waals surface area contributed by atoms with E-state index in [4.69, 9.17) is 0 Å². The topological polar surface area (TPSA) is 19.4 Å². The van der Waals surface area contributed by atoms with Gasteiger partial charge in [-0.25, -0.2) is 0 Å². The SMILES string of the molecule is CCN(Cc1ccncc1)[C@@H]1CCCN(CCc2ccccc2)C1.